The van der Waals surface area contributed by atoms with Crippen LogP contribution in [0.15, 0.2) is 42.7 Å². The number of nitrogens with zero attached hydrogens (tertiary/aromatic N) is 3. The molecule has 2 heterocycles. The van der Waals surface area contributed by atoms with Crippen molar-refractivity contribution in [3.8, 4) is 5.75 Å². The highest BCUT2D eigenvalue weighted by atomic mass is 16.5. The molecule has 3 rings (SSSR count). The fourth-order valence-corrected chi connectivity index (χ4v) is 3.33. The Kier molecular flexibility index (Phi) is 5.53. The molecule has 2 aromatic rings. The van der Waals surface area contributed by atoms with E-state index in [1.54, 1.807) is 0 Å². The van der Waals surface area contributed by atoms with Crippen LogP contribution in [0.5, 0.6) is 5.75 Å². The predicted molar refractivity (Wildman–Crippen MR) is 93.9 cm³/mol. The molecule has 0 amide bonds. The zero-order valence-electron chi connectivity index (χ0n) is 14.4. The molecule has 0 saturated carbocycles. The Labute approximate surface area is 143 Å². The molecule has 1 aliphatic heterocycles. The van der Waals surface area contributed by atoms with Crippen LogP contribution in [-0.2, 0) is 13.1 Å². The lowest BCUT2D eigenvalue weighted by Crippen LogP contribution is -2.51. The lowest BCUT2D eigenvalue weighted by atomic mass is 9.93. The van der Waals surface area contributed by atoms with Gasteiger partial charge in [0, 0.05) is 25.5 Å². The molecule has 5 nitrogen and oxygen atoms in total. The number of β-amino-alcohol motifs (C(OH)–C–C–N with tert-alkyl or cyclic N) is 1. The van der Waals surface area contributed by atoms with E-state index in [2.05, 4.69) is 21.4 Å². The van der Waals surface area contributed by atoms with Crippen molar-refractivity contribution in [3.05, 3.63) is 48.5 Å². The summed E-state index contributed by atoms with van der Waals surface area (Å²) in [5.74, 6) is 1.88. The number of hydrogen-bond donors (Lipinski definition) is 1. The van der Waals surface area contributed by atoms with Crippen LogP contribution >= 0.6 is 0 Å². The summed E-state index contributed by atoms with van der Waals surface area (Å²) in [4.78, 5) is 6.76. The van der Waals surface area contributed by atoms with Gasteiger partial charge in [-0.05, 0) is 37.9 Å². The summed E-state index contributed by atoms with van der Waals surface area (Å²) in [6, 6.07) is 9.69. The van der Waals surface area contributed by atoms with Crippen LogP contribution < -0.4 is 4.74 Å². The summed E-state index contributed by atoms with van der Waals surface area (Å²) >= 11 is 0. The van der Waals surface area contributed by atoms with Crippen LogP contribution in [0.1, 0.15) is 32.0 Å². The van der Waals surface area contributed by atoms with E-state index in [9.17, 15) is 5.11 Å². The number of aliphatic hydroxyl groups is 1. The third-order valence-corrected chi connectivity index (χ3v) is 4.52. The second kappa shape index (κ2) is 7.81. The zero-order valence-corrected chi connectivity index (χ0v) is 14.4. The Hall–Kier alpha value is -1.85. The molecule has 5 heteroatoms. The number of para-hydroxylation sites is 1. The van der Waals surface area contributed by atoms with Gasteiger partial charge in [0.25, 0.3) is 0 Å². The molecule has 1 fully saturated rings. The Morgan fingerprint density at radius 1 is 1.29 bits per heavy atom. The number of benzene rings is 1. The van der Waals surface area contributed by atoms with Gasteiger partial charge < -0.3 is 14.4 Å². The van der Waals surface area contributed by atoms with Crippen molar-refractivity contribution >= 4 is 0 Å². The van der Waals surface area contributed by atoms with Crippen molar-refractivity contribution < 1.29 is 9.84 Å². The molecule has 0 unspecified atom stereocenters. The van der Waals surface area contributed by atoms with E-state index in [0.717, 1.165) is 50.5 Å². The molecular weight excluding hydrogens is 302 g/mol. The monoisotopic (exact) mass is 329 g/mol. The van der Waals surface area contributed by atoms with Crippen molar-refractivity contribution in [2.45, 2.75) is 44.9 Å². The number of aryl methyl sites for hydroxylation is 1. The summed E-state index contributed by atoms with van der Waals surface area (Å²) in [5.41, 5.74) is -0.795. The van der Waals surface area contributed by atoms with E-state index < -0.39 is 5.60 Å². The summed E-state index contributed by atoms with van der Waals surface area (Å²) in [7, 11) is 0. The van der Waals surface area contributed by atoms with E-state index in [-0.39, 0.29) is 0 Å². The van der Waals surface area contributed by atoms with Gasteiger partial charge in [-0.2, -0.15) is 0 Å². The Morgan fingerprint density at radius 3 is 2.92 bits per heavy atom. The van der Waals surface area contributed by atoms with Crippen molar-refractivity contribution in [2.24, 2.45) is 0 Å². The summed E-state index contributed by atoms with van der Waals surface area (Å²) in [5, 5.41) is 10.9. The second-order valence-electron chi connectivity index (χ2n) is 6.68. The van der Waals surface area contributed by atoms with Gasteiger partial charge in [-0.15, -0.1) is 0 Å². The van der Waals surface area contributed by atoms with E-state index in [1.807, 2.05) is 42.7 Å². The summed E-state index contributed by atoms with van der Waals surface area (Å²) < 4.78 is 8.00. The number of ether oxygens (including phenoxy) is 1. The van der Waals surface area contributed by atoms with Gasteiger partial charge in [0.15, 0.2) is 0 Å². The molecule has 1 aliphatic rings. The number of likely N-dealkylation sites (tertiary alicyclic amines) is 1. The topological polar surface area (TPSA) is 50.5 Å². The van der Waals surface area contributed by atoms with E-state index in [1.165, 1.54) is 0 Å². The van der Waals surface area contributed by atoms with Gasteiger partial charge in [0.2, 0.25) is 0 Å². The lowest BCUT2D eigenvalue weighted by Gasteiger charge is -2.38. The number of hydrogen-bond acceptors (Lipinski definition) is 4. The first-order valence-corrected chi connectivity index (χ1v) is 8.81. The van der Waals surface area contributed by atoms with Gasteiger partial charge in [-0.1, -0.05) is 25.1 Å². The minimum atomic E-state index is -0.795. The molecule has 0 radical (unpaired) electrons. The third kappa shape index (κ3) is 4.36. The minimum Gasteiger partial charge on any atom is -0.491 e. The molecule has 24 heavy (non-hydrogen) atoms. The fraction of sp³-hybridized carbons (Fsp3) is 0.526. The van der Waals surface area contributed by atoms with Crippen LogP contribution in [0.25, 0.3) is 0 Å². The molecule has 1 atom stereocenters. The average molecular weight is 329 g/mol. The molecule has 0 bridgehead atoms. The zero-order chi connectivity index (χ0) is 16.8. The van der Waals surface area contributed by atoms with E-state index >= 15 is 0 Å². The summed E-state index contributed by atoms with van der Waals surface area (Å²) in [6.45, 7) is 5.89. The smallest absolute Gasteiger partial charge is 0.122 e. The fourth-order valence-electron chi connectivity index (χ4n) is 3.33. The third-order valence-electron chi connectivity index (χ3n) is 4.52. The van der Waals surface area contributed by atoms with E-state index in [0.29, 0.717) is 13.2 Å². The highest BCUT2D eigenvalue weighted by molar-refractivity contribution is 5.21. The molecule has 1 saturated heterocycles. The predicted octanol–water partition coefficient (Wildman–Crippen LogP) is 2.70. The molecule has 1 aromatic carbocycles. The standard InChI is InChI=1S/C19H27N3O2/c1-2-11-22-13-10-20-18(22)14-21-12-6-9-19(23,15-21)16-24-17-7-4-3-5-8-17/h3-5,7-8,10,13,23H,2,6,9,11-12,14-16H2,1H3/t19-/m0/s1. The summed E-state index contributed by atoms with van der Waals surface area (Å²) in [6.07, 6.45) is 6.74. The quantitative estimate of drug-likeness (QED) is 0.848. The van der Waals surface area contributed by atoms with Crippen molar-refractivity contribution in [1.29, 1.82) is 0 Å². The first-order valence-electron chi connectivity index (χ1n) is 8.81. The largest absolute Gasteiger partial charge is 0.491 e. The van der Waals surface area contributed by atoms with Crippen molar-refractivity contribution in [2.75, 3.05) is 19.7 Å². The SMILES string of the molecule is CCCn1ccnc1CN1CCC[C@@](O)(COc2ccccc2)C1. The van der Waals surface area contributed by atoms with Crippen LogP contribution in [0, 0.1) is 0 Å². The highest BCUT2D eigenvalue weighted by Crippen LogP contribution is 2.24. The highest BCUT2D eigenvalue weighted by Gasteiger charge is 2.34. The maximum atomic E-state index is 10.9. The van der Waals surface area contributed by atoms with Crippen molar-refractivity contribution in [3.63, 3.8) is 0 Å². The molecule has 0 spiro atoms. The number of imidazole rings is 1. The molecule has 0 aliphatic carbocycles. The van der Waals surface area contributed by atoms with Gasteiger partial charge in [-0.3, -0.25) is 4.90 Å². The van der Waals surface area contributed by atoms with Gasteiger partial charge >= 0.3 is 0 Å². The van der Waals surface area contributed by atoms with Gasteiger partial charge in [0.1, 0.15) is 23.8 Å². The Balaban J connectivity index is 1.57. The minimum absolute atomic E-state index is 0.330. The molecule has 1 aromatic heterocycles. The normalized spacial score (nSPS) is 21.8. The maximum absolute atomic E-state index is 10.9. The first-order chi connectivity index (χ1) is 11.7. The van der Waals surface area contributed by atoms with Gasteiger partial charge in [-0.25, -0.2) is 4.98 Å². The number of rotatable bonds is 7. The molecular formula is C19H27N3O2. The molecule has 130 valence electrons. The molecule has 1 N–H and O–H groups in total. The van der Waals surface area contributed by atoms with E-state index in [4.69, 9.17) is 4.74 Å². The second-order valence-corrected chi connectivity index (χ2v) is 6.68. The number of aromatic nitrogens is 2. The van der Waals surface area contributed by atoms with Crippen LogP contribution in [-0.4, -0.2) is 44.9 Å². The maximum Gasteiger partial charge on any atom is 0.122 e. The van der Waals surface area contributed by atoms with Crippen LogP contribution in [0.2, 0.25) is 0 Å². The van der Waals surface area contributed by atoms with Gasteiger partial charge in [0.05, 0.1) is 6.54 Å². The Morgan fingerprint density at radius 2 is 2.12 bits per heavy atom. The van der Waals surface area contributed by atoms with Crippen LogP contribution in [0.4, 0.5) is 0 Å². The lowest BCUT2D eigenvalue weighted by molar-refractivity contribution is -0.0627. The average Bonchev–Trinajstić information content (AvgIpc) is 3.02. The van der Waals surface area contributed by atoms with Crippen LogP contribution in [0.3, 0.4) is 0 Å². The van der Waals surface area contributed by atoms with Crippen molar-refractivity contribution in [1.82, 2.24) is 14.5 Å². The number of piperidine rings is 1. The Bertz CT molecular complexity index is 629. The first kappa shape index (κ1) is 17.0.